The van der Waals surface area contributed by atoms with E-state index in [9.17, 15) is 9.18 Å². The van der Waals surface area contributed by atoms with Crippen molar-refractivity contribution < 1.29 is 9.18 Å². The standard InChI is InChI=1S/C25H22FN5O/c1-17-13-21(20-14-19(26)7-8-22(20)29-17)25(32)31-11-9-30(10-12-31)24-15-23(27-16-28-24)18-5-3-2-4-6-18/h2-8,13-16H,9-12H2,1H3. The van der Waals surface area contributed by atoms with Crippen LogP contribution in [0.5, 0.6) is 0 Å². The van der Waals surface area contributed by atoms with Gasteiger partial charge in [0.2, 0.25) is 0 Å². The Morgan fingerprint density at radius 1 is 0.938 bits per heavy atom. The number of fused-ring (bicyclic) bond motifs is 1. The Balaban J connectivity index is 1.34. The van der Waals surface area contributed by atoms with Crippen molar-refractivity contribution in [1.82, 2.24) is 19.9 Å². The Labute approximate surface area is 185 Å². The Hall–Kier alpha value is -3.87. The first-order chi connectivity index (χ1) is 15.6. The van der Waals surface area contributed by atoms with Crippen molar-refractivity contribution in [2.75, 3.05) is 31.1 Å². The van der Waals surface area contributed by atoms with E-state index < -0.39 is 0 Å². The molecule has 0 radical (unpaired) electrons. The Morgan fingerprint density at radius 2 is 1.72 bits per heavy atom. The summed E-state index contributed by atoms with van der Waals surface area (Å²) < 4.78 is 13.8. The van der Waals surface area contributed by atoms with E-state index in [1.807, 2.05) is 48.2 Å². The minimum atomic E-state index is -0.375. The van der Waals surface area contributed by atoms with Crippen LogP contribution in [0.25, 0.3) is 22.2 Å². The monoisotopic (exact) mass is 427 g/mol. The quantitative estimate of drug-likeness (QED) is 0.493. The predicted molar refractivity (Wildman–Crippen MR) is 122 cm³/mol. The molecule has 1 amide bonds. The third kappa shape index (κ3) is 3.89. The fraction of sp³-hybridized carbons (Fsp3) is 0.200. The number of aryl methyl sites for hydroxylation is 1. The number of carbonyl (C=O) groups excluding carboxylic acids is 1. The summed E-state index contributed by atoms with van der Waals surface area (Å²) in [5.74, 6) is 0.372. The van der Waals surface area contributed by atoms with Gasteiger partial charge in [-0.25, -0.2) is 14.4 Å². The largest absolute Gasteiger partial charge is 0.353 e. The molecule has 5 rings (SSSR count). The molecule has 1 saturated heterocycles. The molecular weight excluding hydrogens is 405 g/mol. The van der Waals surface area contributed by atoms with Crippen molar-refractivity contribution in [2.24, 2.45) is 0 Å². The summed E-state index contributed by atoms with van der Waals surface area (Å²) in [7, 11) is 0. The number of rotatable bonds is 3. The first-order valence-electron chi connectivity index (χ1n) is 10.6. The minimum Gasteiger partial charge on any atom is -0.353 e. The second-order valence-electron chi connectivity index (χ2n) is 7.88. The summed E-state index contributed by atoms with van der Waals surface area (Å²) in [5.41, 5.74) is 3.77. The van der Waals surface area contributed by atoms with Crippen LogP contribution in [0, 0.1) is 12.7 Å². The lowest BCUT2D eigenvalue weighted by Crippen LogP contribution is -2.49. The average molecular weight is 427 g/mol. The highest BCUT2D eigenvalue weighted by atomic mass is 19.1. The number of pyridine rings is 1. The Bertz CT molecular complexity index is 1290. The predicted octanol–water partition coefficient (Wildman–Crippen LogP) is 4.10. The number of piperazine rings is 1. The van der Waals surface area contributed by atoms with Crippen molar-refractivity contribution in [3.8, 4) is 11.3 Å². The molecule has 32 heavy (non-hydrogen) atoms. The van der Waals surface area contributed by atoms with Crippen LogP contribution < -0.4 is 4.90 Å². The number of amides is 1. The van der Waals surface area contributed by atoms with Gasteiger partial charge in [0, 0.05) is 48.9 Å². The molecule has 0 bridgehead atoms. The van der Waals surface area contributed by atoms with Crippen molar-refractivity contribution in [3.63, 3.8) is 0 Å². The minimum absolute atomic E-state index is 0.0987. The zero-order chi connectivity index (χ0) is 22.1. The molecule has 0 aliphatic carbocycles. The first-order valence-corrected chi connectivity index (χ1v) is 10.6. The number of carbonyl (C=O) groups is 1. The van der Waals surface area contributed by atoms with Gasteiger partial charge in [-0.3, -0.25) is 9.78 Å². The van der Waals surface area contributed by atoms with Crippen LogP contribution in [0.1, 0.15) is 16.1 Å². The molecule has 6 nitrogen and oxygen atoms in total. The van der Waals surface area contributed by atoms with E-state index in [0.29, 0.717) is 42.6 Å². The highest BCUT2D eigenvalue weighted by Gasteiger charge is 2.25. The molecule has 3 heterocycles. The lowest BCUT2D eigenvalue weighted by Gasteiger charge is -2.35. The first kappa shape index (κ1) is 20.1. The summed E-state index contributed by atoms with van der Waals surface area (Å²) in [4.78, 5) is 30.5. The van der Waals surface area contributed by atoms with Gasteiger partial charge < -0.3 is 9.80 Å². The normalized spacial score (nSPS) is 14.1. The third-order valence-corrected chi connectivity index (χ3v) is 5.74. The van der Waals surface area contributed by atoms with Crippen molar-refractivity contribution in [3.05, 3.63) is 84.1 Å². The van der Waals surface area contributed by atoms with Gasteiger partial charge in [-0.2, -0.15) is 0 Å². The van der Waals surface area contributed by atoms with Gasteiger partial charge in [0.1, 0.15) is 18.0 Å². The van der Waals surface area contributed by atoms with E-state index in [1.54, 1.807) is 18.5 Å². The summed E-state index contributed by atoms with van der Waals surface area (Å²) in [5, 5.41) is 0.548. The fourth-order valence-electron chi connectivity index (χ4n) is 4.10. The van der Waals surface area contributed by atoms with Crippen molar-refractivity contribution in [1.29, 1.82) is 0 Å². The second kappa shape index (κ2) is 8.34. The Morgan fingerprint density at radius 3 is 2.50 bits per heavy atom. The smallest absolute Gasteiger partial charge is 0.254 e. The molecule has 160 valence electrons. The van der Waals surface area contributed by atoms with Crippen LogP contribution in [0.3, 0.4) is 0 Å². The number of aromatic nitrogens is 3. The van der Waals surface area contributed by atoms with Gasteiger partial charge >= 0.3 is 0 Å². The van der Waals surface area contributed by atoms with E-state index >= 15 is 0 Å². The zero-order valence-corrected chi connectivity index (χ0v) is 17.7. The van der Waals surface area contributed by atoms with E-state index in [0.717, 1.165) is 22.8 Å². The summed E-state index contributed by atoms with van der Waals surface area (Å²) >= 11 is 0. The van der Waals surface area contributed by atoms with Crippen LogP contribution in [-0.4, -0.2) is 51.9 Å². The topological polar surface area (TPSA) is 62.2 Å². The lowest BCUT2D eigenvalue weighted by molar-refractivity contribution is 0.0748. The zero-order valence-electron chi connectivity index (χ0n) is 17.7. The summed E-state index contributed by atoms with van der Waals surface area (Å²) in [6.07, 6.45) is 1.58. The Kier molecular flexibility index (Phi) is 5.23. The molecule has 2 aromatic heterocycles. The summed E-state index contributed by atoms with van der Waals surface area (Å²) in [6.45, 7) is 4.28. The third-order valence-electron chi connectivity index (χ3n) is 5.74. The highest BCUT2D eigenvalue weighted by molar-refractivity contribution is 6.06. The van der Waals surface area contributed by atoms with Gasteiger partial charge in [-0.15, -0.1) is 0 Å². The molecule has 0 unspecified atom stereocenters. The molecule has 0 spiro atoms. The molecule has 0 saturated carbocycles. The molecule has 1 aliphatic rings. The number of hydrogen-bond donors (Lipinski definition) is 0. The van der Waals surface area contributed by atoms with Gasteiger partial charge in [0.05, 0.1) is 16.8 Å². The second-order valence-corrected chi connectivity index (χ2v) is 7.88. The van der Waals surface area contributed by atoms with Crippen LogP contribution in [0.4, 0.5) is 10.2 Å². The van der Waals surface area contributed by atoms with E-state index in [-0.39, 0.29) is 11.7 Å². The summed E-state index contributed by atoms with van der Waals surface area (Å²) in [6, 6.07) is 18.1. The van der Waals surface area contributed by atoms with Crippen LogP contribution in [0.15, 0.2) is 67.0 Å². The average Bonchev–Trinajstić information content (AvgIpc) is 2.84. The molecular formula is C25H22FN5O. The molecule has 2 aromatic carbocycles. The van der Waals surface area contributed by atoms with Gasteiger partial charge in [-0.1, -0.05) is 30.3 Å². The highest BCUT2D eigenvalue weighted by Crippen LogP contribution is 2.24. The van der Waals surface area contributed by atoms with Crippen LogP contribution in [-0.2, 0) is 0 Å². The molecule has 7 heteroatoms. The number of benzene rings is 2. The number of hydrogen-bond acceptors (Lipinski definition) is 5. The maximum absolute atomic E-state index is 13.8. The lowest BCUT2D eigenvalue weighted by atomic mass is 10.1. The molecule has 0 N–H and O–H groups in total. The molecule has 1 aliphatic heterocycles. The van der Waals surface area contributed by atoms with Gasteiger partial charge in [0.15, 0.2) is 0 Å². The molecule has 1 fully saturated rings. The van der Waals surface area contributed by atoms with Crippen molar-refractivity contribution >= 4 is 22.6 Å². The molecule has 4 aromatic rings. The van der Waals surface area contributed by atoms with E-state index in [4.69, 9.17) is 0 Å². The van der Waals surface area contributed by atoms with Crippen molar-refractivity contribution in [2.45, 2.75) is 6.92 Å². The van der Waals surface area contributed by atoms with Crippen LogP contribution in [0.2, 0.25) is 0 Å². The maximum atomic E-state index is 13.8. The van der Waals surface area contributed by atoms with Gasteiger partial charge in [0.25, 0.3) is 5.91 Å². The number of nitrogens with zero attached hydrogens (tertiary/aromatic N) is 5. The fourth-order valence-corrected chi connectivity index (χ4v) is 4.10. The maximum Gasteiger partial charge on any atom is 0.254 e. The van der Waals surface area contributed by atoms with Gasteiger partial charge in [-0.05, 0) is 31.2 Å². The number of halogens is 1. The van der Waals surface area contributed by atoms with Crippen LogP contribution >= 0.6 is 0 Å². The number of anilines is 1. The molecule has 0 atom stereocenters. The van der Waals surface area contributed by atoms with E-state index in [2.05, 4.69) is 19.9 Å². The SMILES string of the molecule is Cc1cc(C(=O)N2CCN(c3cc(-c4ccccc4)ncn3)CC2)c2cc(F)ccc2n1. The van der Waals surface area contributed by atoms with E-state index in [1.165, 1.54) is 12.1 Å².